The van der Waals surface area contributed by atoms with Gasteiger partial charge in [0.25, 0.3) is 5.91 Å². The highest BCUT2D eigenvalue weighted by Gasteiger charge is 2.40. The number of esters is 1. The fourth-order valence-electron chi connectivity index (χ4n) is 5.44. The fraction of sp³-hybridized carbons (Fsp3) is 0.424. The van der Waals surface area contributed by atoms with Gasteiger partial charge >= 0.3 is 12.3 Å². The molecule has 3 aliphatic heterocycles. The first-order valence-corrected chi connectivity index (χ1v) is 14.5. The van der Waals surface area contributed by atoms with Gasteiger partial charge in [0.15, 0.2) is 5.75 Å². The van der Waals surface area contributed by atoms with Gasteiger partial charge in [0.05, 0.1) is 22.9 Å². The van der Waals surface area contributed by atoms with E-state index in [1.54, 1.807) is 25.2 Å². The zero-order valence-electron chi connectivity index (χ0n) is 25.1. The number of nitrogens with one attached hydrogen (secondary N) is 1. The number of phenolic OH excluding ortho intramolecular Hbond substituents is 3. The van der Waals surface area contributed by atoms with E-state index in [0.29, 0.717) is 18.4 Å². The summed E-state index contributed by atoms with van der Waals surface area (Å²) in [4.78, 5) is 38.0. The molecule has 5 rings (SSSR count). The van der Waals surface area contributed by atoms with Crippen LogP contribution in [0.4, 0.5) is 5.69 Å². The lowest BCUT2D eigenvalue weighted by Gasteiger charge is -2.23. The van der Waals surface area contributed by atoms with Crippen LogP contribution in [0.2, 0.25) is 0 Å². The normalized spacial score (nSPS) is 26.2. The third kappa shape index (κ3) is 6.79. The molecule has 0 fully saturated rings. The van der Waals surface area contributed by atoms with E-state index in [0.717, 1.165) is 25.3 Å². The highest BCUT2D eigenvalue weighted by molar-refractivity contribution is 6.20. The van der Waals surface area contributed by atoms with Crippen LogP contribution in [-0.2, 0) is 19.1 Å². The number of rotatable bonds is 1. The Labute approximate surface area is 250 Å². The fourth-order valence-corrected chi connectivity index (χ4v) is 5.44. The van der Waals surface area contributed by atoms with Gasteiger partial charge in [0.1, 0.15) is 23.4 Å². The van der Waals surface area contributed by atoms with Gasteiger partial charge in [-0.1, -0.05) is 38.5 Å². The van der Waals surface area contributed by atoms with E-state index in [4.69, 9.17) is 14.2 Å². The molecule has 2 aromatic rings. The van der Waals surface area contributed by atoms with E-state index in [1.165, 1.54) is 20.1 Å². The molecule has 0 radical (unpaired) electrons. The van der Waals surface area contributed by atoms with Crippen LogP contribution < -0.4 is 10.1 Å². The van der Waals surface area contributed by atoms with Crippen molar-refractivity contribution in [3.8, 4) is 23.0 Å². The van der Waals surface area contributed by atoms with Crippen molar-refractivity contribution in [2.24, 2.45) is 11.8 Å². The molecule has 10 heteroatoms. The molecular formula is C33H39NO9. The van der Waals surface area contributed by atoms with Gasteiger partial charge in [-0.05, 0) is 57.4 Å². The quantitative estimate of drug-likeness (QED) is 0.169. The molecule has 43 heavy (non-hydrogen) atoms. The summed E-state index contributed by atoms with van der Waals surface area (Å²) in [7, 11) is 0. The Morgan fingerprint density at radius 1 is 1.05 bits per heavy atom. The molecule has 4 atom stereocenters. The van der Waals surface area contributed by atoms with Crippen molar-refractivity contribution in [1.29, 1.82) is 0 Å². The van der Waals surface area contributed by atoms with Gasteiger partial charge in [-0.3, -0.25) is 14.4 Å². The molecule has 3 heterocycles. The number of carbonyl (C=O) groups excluding carboxylic acids is 3. The van der Waals surface area contributed by atoms with Crippen LogP contribution >= 0.6 is 0 Å². The number of hydrogen-bond acceptors (Lipinski definition) is 9. The molecule has 3 aliphatic rings. The minimum absolute atomic E-state index is 0.0222. The average Bonchev–Trinajstić information content (AvgIpc) is 3.27. The molecule has 0 spiro atoms. The standard InChI is InChI=1S/C33H39NO9/c1-17-10-8-12-18(2)24(42-21(5)35)14-6-7-15-41-33-30(39)27-25-23(36)16-22(34-32(40)19(3)13-9-11-17)29(38)26(25)28(37)20(4)31(27)43-33/h7,9,11,13,15-18,24,33,36-38H,6,8,10,12,14H2,1-5H3,(H,34,40)/b11-9+,15-7+,19-13-/t17-,18-,24-,33+/m1/s1. The van der Waals surface area contributed by atoms with Gasteiger partial charge in [-0.2, -0.15) is 0 Å². The summed E-state index contributed by atoms with van der Waals surface area (Å²) in [5.41, 5.74) is 0.319. The molecule has 1 amide bonds. The number of fused-ring (bicyclic) bond motifs is 14. The number of amides is 1. The lowest BCUT2D eigenvalue weighted by molar-refractivity contribution is -0.149. The topological polar surface area (TPSA) is 152 Å². The first kappa shape index (κ1) is 31.5. The van der Waals surface area contributed by atoms with Crippen LogP contribution in [0.5, 0.6) is 23.0 Å². The van der Waals surface area contributed by atoms with Crippen molar-refractivity contribution >= 4 is 34.1 Å². The summed E-state index contributed by atoms with van der Waals surface area (Å²) in [5.74, 6) is -2.45. The Hall–Kier alpha value is -4.47. The Morgan fingerprint density at radius 2 is 1.79 bits per heavy atom. The third-order valence-electron chi connectivity index (χ3n) is 7.95. The van der Waals surface area contributed by atoms with E-state index >= 15 is 0 Å². The van der Waals surface area contributed by atoms with E-state index in [-0.39, 0.29) is 57.2 Å². The summed E-state index contributed by atoms with van der Waals surface area (Å²) in [6, 6.07) is 1.12. The van der Waals surface area contributed by atoms with Gasteiger partial charge in [0, 0.05) is 29.5 Å². The second-order valence-corrected chi connectivity index (χ2v) is 11.3. The number of ketones is 1. The predicted octanol–water partition coefficient (Wildman–Crippen LogP) is 6.31. The lowest BCUT2D eigenvalue weighted by Crippen LogP contribution is -2.24. The van der Waals surface area contributed by atoms with Crippen molar-refractivity contribution in [2.75, 3.05) is 5.32 Å². The number of phenols is 3. The zero-order valence-corrected chi connectivity index (χ0v) is 25.1. The van der Waals surface area contributed by atoms with Gasteiger partial charge in [-0.15, -0.1) is 0 Å². The van der Waals surface area contributed by atoms with E-state index in [9.17, 15) is 29.7 Å². The van der Waals surface area contributed by atoms with Gasteiger partial charge in [0.2, 0.25) is 5.78 Å². The van der Waals surface area contributed by atoms with Crippen molar-refractivity contribution in [1.82, 2.24) is 0 Å². The monoisotopic (exact) mass is 593 g/mol. The molecule has 5 bridgehead atoms. The highest BCUT2D eigenvalue weighted by atomic mass is 16.7. The van der Waals surface area contributed by atoms with Gasteiger partial charge < -0.3 is 34.8 Å². The number of allylic oxidation sites excluding steroid dienone is 4. The highest BCUT2D eigenvalue weighted by Crippen LogP contribution is 2.52. The molecule has 2 aromatic carbocycles. The molecule has 0 saturated carbocycles. The maximum absolute atomic E-state index is 13.4. The molecule has 4 N–H and O–H groups in total. The first-order chi connectivity index (χ1) is 20.4. The largest absolute Gasteiger partial charge is 0.507 e. The molecule has 230 valence electrons. The van der Waals surface area contributed by atoms with Crippen molar-refractivity contribution in [3.63, 3.8) is 0 Å². The third-order valence-corrected chi connectivity index (χ3v) is 7.95. The number of hydrogen-bond donors (Lipinski definition) is 4. The van der Waals surface area contributed by atoms with E-state index < -0.39 is 35.2 Å². The summed E-state index contributed by atoms with van der Waals surface area (Å²) in [6.07, 6.45) is 10.6. The molecule has 0 unspecified atom stereocenters. The Bertz CT molecular complexity index is 1520. The van der Waals surface area contributed by atoms with Crippen molar-refractivity contribution in [2.45, 2.75) is 79.1 Å². The maximum atomic E-state index is 13.4. The van der Waals surface area contributed by atoms with Crippen LogP contribution in [-0.4, -0.2) is 45.4 Å². The number of Topliss-reactive ketones (excluding diaryl/α,β-unsaturated/α-hetero) is 1. The molecule has 10 nitrogen and oxygen atoms in total. The van der Waals surface area contributed by atoms with Crippen molar-refractivity contribution < 1.29 is 43.9 Å². The second kappa shape index (κ2) is 13.2. The van der Waals surface area contributed by atoms with Crippen LogP contribution in [0, 0.1) is 18.8 Å². The number of aromatic hydroxyl groups is 3. The minimum Gasteiger partial charge on any atom is -0.507 e. The molecule has 0 aromatic heterocycles. The SMILES string of the molecule is CC(=O)O[C@@H]1CC/C=C/O[C@H]2Oc3c(C)c(O)c4c(O)c(cc(O)c4c3C2=O)NC(=O)/C(C)=C\C=C\[C@H](C)CCC[C@H]1C. The summed E-state index contributed by atoms with van der Waals surface area (Å²) in [5, 5.41) is 35.3. The van der Waals surface area contributed by atoms with E-state index in [2.05, 4.69) is 19.2 Å². The Kier molecular flexibility index (Phi) is 9.68. The van der Waals surface area contributed by atoms with Crippen molar-refractivity contribution in [3.05, 3.63) is 53.3 Å². The summed E-state index contributed by atoms with van der Waals surface area (Å²) in [6.45, 7) is 8.65. The molecule has 0 aliphatic carbocycles. The molecule has 0 saturated heterocycles. The average molecular weight is 594 g/mol. The summed E-state index contributed by atoms with van der Waals surface area (Å²) < 4.78 is 16.9. The number of benzene rings is 2. The smallest absolute Gasteiger partial charge is 0.304 e. The van der Waals surface area contributed by atoms with Crippen LogP contribution in [0.1, 0.15) is 75.7 Å². The maximum Gasteiger partial charge on any atom is 0.304 e. The van der Waals surface area contributed by atoms with E-state index in [1.807, 2.05) is 6.08 Å². The number of carbonyl (C=O) groups is 3. The Balaban J connectivity index is 1.72. The number of ether oxygens (including phenoxy) is 3. The van der Waals surface area contributed by atoms with Crippen LogP contribution in [0.25, 0.3) is 10.8 Å². The predicted molar refractivity (Wildman–Crippen MR) is 161 cm³/mol. The van der Waals surface area contributed by atoms with Crippen LogP contribution in [0.15, 0.2) is 42.2 Å². The van der Waals surface area contributed by atoms with Crippen LogP contribution in [0.3, 0.4) is 0 Å². The minimum atomic E-state index is -1.38. The lowest BCUT2D eigenvalue weighted by atomic mass is 9.92. The summed E-state index contributed by atoms with van der Waals surface area (Å²) >= 11 is 0. The molecular weight excluding hydrogens is 554 g/mol. The number of anilines is 1. The van der Waals surface area contributed by atoms with Gasteiger partial charge in [-0.25, -0.2) is 0 Å². The second-order valence-electron chi connectivity index (χ2n) is 11.3. The first-order valence-electron chi connectivity index (χ1n) is 14.5. The zero-order chi connectivity index (χ0) is 31.4. The Morgan fingerprint density at radius 3 is 2.51 bits per heavy atom.